The SMILES string of the molecule is [2H]N(C(=O)OCc1ccccc1)[C@@H](Cc1cccc2ccccc12)C(=O)N[C@@H](Cc1cnc[nH]1)C(=O)N[C@@H](C(C)CC)[C@H](O)C(=O)NCc1ccccc1. The molecule has 276 valence electrons. The molecule has 0 bridgehead atoms. The first kappa shape index (κ1) is 36.8. The lowest BCUT2D eigenvalue weighted by atomic mass is 9.93. The van der Waals surface area contributed by atoms with Gasteiger partial charge in [0.15, 0.2) is 7.52 Å². The number of carbonyl (C=O) groups is 4. The van der Waals surface area contributed by atoms with Gasteiger partial charge in [-0.15, -0.1) is 0 Å². The van der Waals surface area contributed by atoms with E-state index in [1.165, 1.54) is 12.5 Å². The number of H-pyrrole nitrogens is 1. The van der Waals surface area contributed by atoms with Gasteiger partial charge in [0, 0.05) is 31.3 Å². The van der Waals surface area contributed by atoms with E-state index in [1.54, 1.807) is 31.2 Å². The summed E-state index contributed by atoms with van der Waals surface area (Å²) in [6.45, 7) is 3.76. The second-order valence-corrected chi connectivity index (χ2v) is 12.9. The van der Waals surface area contributed by atoms with Crippen LogP contribution in [0.3, 0.4) is 0 Å². The number of alkyl carbamates (subject to hydrolysis) is 1. The monoisotopic (exact) mass is 719 g/mol. The largest absolute Gasteiger partial charge is 0.445 e. The minimum atomic E-state index is -1.60. The molecule has 5 aromatic rings. The van der Waals surface area contributed by atoms with Gasteiger partial charge in [0.05, 0.1) is 12.4 Å². The average molecular weight is 720 g/mol. The van der Waals surface area contributed by atoms with Crippen molar-refractivity contribution in [3.63, 3.8) is 0 Å². The zero-order valence-electron chi connectivity index (χ0n) is 30.8. The normalized spacial score (nSPS) is 14.1. The third-order valence-corrected chi connectivity index (χ3v) is 9.16. The summed E-state index contributed by atoms with van der Waals surface area (Å²) in [5, 5.41) is 21.8. The lowest BCUT2D eigenvalue weighted by molar-refractivity contribution is -0.135. The maximum absolute atomic E-state index is 14.3. The summed E-state index contributed by atoms with van der Waals surface area (Å²) < 4.78 is 14.3. The highest BCUT2D eigenvalue weighted by Gasteiger charge is 2.35. The van der Waals surface area contributed by atoms with E-state index in [9.17, 15) is 24.3 Å². The van der Waals surface area contributed by atoms with E-state index >= 15 is 0 Å². The number of nitrogens with one attached hydrogen (secondary N) is 5. The number of fused-ring (bicyclic) bond motifs is 1. The van der Waals surface area contributed by atoms with Crippen molar-refractivity contribution >= 4 is 34.6 Å². The highest BCUT2D eigenvalue weighted by molar-refractivity contribution is 5.93. The number of rotatable bonds is 17. The Morgan fingerprint density at radius 3 is 2.17 bits per heavy atom. The molecule has 53 heavy (non-hydrogen) atoms. The van der Waals surface area contributed by atoms with Gasteiger partial charge in [-0.2, -0.15) is 0 Å². The molecule has 0 fully saturated rings. The average Bonchev–Trinajstić information content (AvgIpc) is 3.73. The highest BCUT2D eigenvalue weighted by Crippen LogP contribution is 2.20. The second kappa shape index (κ2) is 19.0. The van der Waals surface area contributed by atoms with E-state index < -0.39 is 48.0 Å². The Labute approximate surface area is 310 Å². The number of ether oxygens (including phenoxy) is 1. The van der Waals surface area contributed by atoms with Crippen molar-refractivity contribution < 1.29 is 30.4 Å². The number of aliphatic hydroxyl groups is 1. The molecule has 0 radical (unpaired) electrons. The number of aromatic amines is 1. The summed E-state index contributed by atoms with van der Waals surface area (Å²) >= 11 is 0. The van der Waals surface area contributed by atoms with Crippen LogP contribution in [0.1, 0.15) is 42.7 Å². The van der Waals surface area contributed by atoms with Gasteiger partial charge < -0.3 is 36.1 Å². The van der Waals surface area contributed by atoms with E-state index in [-0.39, 0.29) is 31.9 Å². The molecule has 0 aliphatic heterocycles. The molecular formula is C41H46N6O6. The summed E-state index contributed by atoms with van der Waals surface area (Å²) in [5.74, 6) is -2.45. The number of carbonyl (C=O) groups excluding carboxylic acids is 4. The molecule has 6 N–H and O–H groups in total. The number of nitrogens with zero attached hydrogens (tertiary/aromatic N) is 1. The predicted octanol–water partition coefficient (Wildman–Crippen LogP) is 4.34. The van der Waals surface area contributed by atoms with Crippen molar-refractivity contribution in [2.75, 3.05) is 0 Å². The van der Waals surface area contributed by atoms with Gasteiger partial charge in [-0.25, -0.2) is 9.78 Å². The summed E-state index contributed by atoms with van der Waals surface area (Å²) in [6, 6.07) is 27.7. The number of imidazole rings is 1. The molecule has 5 rings (SSSR count). The van der Waals surface area contributed by atoms with Crippen LogP contribution in [0, 0.1) is 5.92 Å². The van der Waals surface area contributed by atoms with Crippen LogP contribution in [0.2, 0.25) is 1.41 Å². The zero-order valence-corrected chi connectivity index (χ0v) is 29.8. The first-order chi connectivity index (χ1) is 26.1. The first-order valence-electron chi connectivity index (χ1n) is 18.1. The molecule has 5 atom stereocenters. The molecule has 4 amide bonds. The quantitative estimate of drug-likeness (QED) is 0.0829. The minimum absolute atomic E-state index is 0.0431. The third kappa shape index (κ3) is 11.0. The Morgan fingerprint density at radius 1 is 0.811 bits per heavy atom. The van der Waals surface area contributed by atoms with E-state index in [0.717, 1.165) is 16.3 Å². The van der Waals surface area contributed by atoms with Gasteiger partial charge in [-0.05, 0) is 33.4 Å². The molecular weight excluding hydrogens is 672 g/mol. The van der Waals surface area contributed by atoms with Crippen molar-refractivity contribution in [3.05, 3.63) is 138 Å². The number of aliphatic hydroxyl groups excluding tert-OH is 1. The second-order valence-electron chi connectivity index (χ2n) is 12.9. The Morgan fingerprint density at radius 2 is 1.47 bits per heavy atom. The Hall–Kier alpha value is -6.01. The van der Waals surface area contributed by atoms with Crippen LogP contribution in [0.25, 0.3) is 10.8 Å². The van der Waals surface area contributed by atoms with Crippen molar-refractivity contribution in [1.82, 2.24) is 31.2 Å². The van der Waals surface area contributed by atoms with Crippen molar-refractivity contribution in [2.45, 2.75) is 70.5 Å². The smallest absolute Gasteiger partial charge is 0.408 e. The summed E-state index contributed by atoms with van der Waals surface area (Å²) in [7, 11) is 0. The van der Waals surface area contributed by atoms with Gasteiger partial charge >= 0.3 is 6.09 Å². The van der Waals surface area contributed by atoms with Crippen LogP contribution in [-0.2, 0) is 45.1 Å². The lowest BCUT2D eigenvalue weighted by Gasteiger charge is -2.30. The maximum Gasteiger partial charge on any atom is 0.408 e. The Balaban J connectivity index is 1.38. The summed E-state index contributed by atoms with van der Waals surface area (Å²) in [4.78, 5) is 61.8. The molecule has 0 saturated carbocycles. The molecule has 0 spiro atoms. The number of hydrogen-bond donors (Lipinski definition) is 6. The number of hydrogen-bond acceptors (Lipinski definition) is 7. The van der Waals surface area contributed by atoms with E-state index in [4.69, 9.17) is 6.15 Å². The Kier molecular flexibility index (Phi) is 13.2. The van der Waals surface area contributed by atoms with Gasteiger partial charge in [0.1, 0.15) is 18.7 Å². The maximum atomic E-state index is 14.3. The third-order valence-electron chi connectivity index (χ3n) is 9.16. The Bertz CT molecular complexity index is 1980. The molecule has 0 aliphatic rings. The van der Waals surface area contributed by atoms with Gasteiger partial charge in [-0.1, -0.05) is 123 Å². The van der Waals surface area contributed by atoms with E-state index in [0.29, 0.717) is 28.6 Å². The molecule has 4 aromatic carbocycles. The molecule has 12 heteroatoms. The topological polar surface area (TPSA) is 175 Å². The van der Waals surface area contributed by atoms with Crippen LogP contribution in [0.4, 0.5) is 4.79 Å². The number of amides is 4. The standard InChI is InChI=1S/C41H46N6O6/c1-3-27(2)36(37(48)40(51)43-23-28-13-6-4-7-14-28)47-39(50)35(22-32-24-42-26-44-32)45-38(49)34(46-41(52)53-25-29-15-8-5-9-16-29)21-31-19-12-18-30-17-10-11-20-33(30)31/h4-20,24,26-27,34-37,48H,3,21-23,25H2,1-2H3,(H,42,44)(H,43,51)(H,45,49)(H,46,52)(H,47,50)/t27?,34-,35-,36-,37-/m0/s1/i/hD. The van der Waals surface area contributed by atoms with Crippen molar-refractivity contribution in [1.29, 1.82) is 0 Å². The summed E-state index contributed by atoms with van der Waals surface area (Å²) in [5.41, 5.74) is 2.78. The van der Waals surface area contributed by atoms with Crippen LogP contribution in [0.5, 0.6) is 0 Å². The molecule has 1 aromatic heterocycles. The number of aromatic nitrogens is 2. The fourth-order valence-electron chi connectivity index (χ4n) is 5.96. The van der Waals surface area contributed by atoms with Crippen LogP contribution in [-0.4, -0.2) is 63.1 Å². The lowest BCUT2D eigenvalue weighted by Crippen LogP contribution is -2.59. The first-order valence-corrected chi connectivity index (χ1v) is 17.7. The molecule has 1 unspecified atom stereocenters. The van der Waals surface area contributed by atoms with Crippen LogP contribution < -0.4 is 21.3 Å². The highest BCUT2D eigenvalue weighted by atomic mass is 16.5. The number of benzene rings is 4. The van der Waals surface area contributed by atoms with E-state index in [1.807, 2.05) is 85.8 Å². The van der Waals surface area contributed by atoms with Gasteiger partial charge in [-0.3, -0.25) is 14.4 Å². The molecule has 0 saturated heterocycles. The summed E-state index contributed by atoms with van der Waals surface area (Å²) in [6.07, 6.45) is 0.720. The van der Waals surface area contributed by atoms with Crippen molar-refractivity contribution in [3.8, 4) is 0 Å². The molecule has 1 heterocycles. The molecule has 0 aliphatic carbocycles. The fraction of sp³-hybridized carbons (Fsp3) is 0.293. The molecule has 12 nitrogen and oxygen atoms in total. The van der Waals surface area contributed by atoms with Gasteiger partial charge in [0.25, 0.3) is 5.91 Å². The van der Waals surface area contributed by atoms with Crippen LogP contribution in [0.15, 0.2) is 116 Å². The predicted molar refractivity (Wildman–Crippen MR) is 201 cm³/mol. The minimum Gasteiger partial charge on any atom is -0.445 e. The van der Waals surface area contributed by atoms with Crippen molar-refractivity contribution in [2.24, 2.45) is 5.92 Å². The zero-order chi connectivity index (χ0) is 38.5. The van der Waals surface area contributed by atoms with Crippen LogP contribution >= 0.6 is 0 Å². The fourth-order valence-corrected chi connectivity index (χ4v) is 5.96. The van der Waals surface area contributed by atoms with E-state index in [2.05, 4.69) is 25.9 Å². The van der Waals surface area contributed by atoms with Gasteiger partial charge in [0.2, 0.25) is 11.8 Å².